The smallest absolute Gasteiger partial charge is 0.305 e. The molecule has 0 aliphatic heterocycles. The molecule has 0 bridgehead atoms. The average molecular weight is 1770 g/mol. The molecule has 16 atom stereocenters. The number of nitrogens with zero attached hydrogens (tertiary/aromatic N) is 2. The SMILES string of the molecule is CC[C@H](C)[C@H](NC(=O)[C@H](C)N)C(=O)N[C@@H](CC(=O)O)C(=O)N[C@@H](CC(N)=O)C(=O)N[C@@H](Cc1c[nH]cn1)C(=O)N[C@@H](CCCNC(=N)N)C(=O)N[C@@H](CO)C(=O)N[C@@H](Cc1ccccc1)C(=O)N[C@@H](Cc1c[nH]cn1)C(=O)N[C@@H](CC(=O)O)C(=O)N[C@@H](CCCCN)C(=O)N[C@@H](Cc1ccc(O)cc1)C(=O)NCC(=O)N[C@@H](CC(C)C)C(=O)N[C@H](C(N)=O)[C@@H](C)O. The van der Waals surface area contributed by atoms with Gasteiger partial charge in [-0.3, -0.25) is 91.7 Å². The molecule has 2 heterocycles. The summed E-state index contributed by atoms with van der Waals surface area (Å²) < 4.78 is 0. The van der Waals surface area contributed by atoms with Gasteiger partial charge in [0.1, 0.15) is 84.3 Å². The summed E-state index contributed by atoms with van der Waals surface area (Å²) in [5.74, 6) is -22.8. The molecule has 4 rings (SSSR count). The molecule has 126 heavy (non-hydrogen) atoms. The van der Waals surface area contributed by atoms with Crippen LogP contribution in [0.5, 0.6) is 5.75 Å². The lowest BCUT2D eigenvalue weighted by molar-refractivity contribution is -0.142. The first-order chi connectivity index (χ1) is 59.5. The standard InChI is InChI=1S/C78H117N25O23/c1-7-39(4)62(102-65(114)40(5)80)77(126)100-56(31-61(111)112)74(123)98-54(29-58(81)107)72(121)97-52(27-44-32-85-36-89-44)70(119)93-48(17-13-23-87-78(83)84)68(117)101-57(35-104)76(125)95-51(25-42-14-9-8-10-15-42)69(118)96-53(28-45-33-86-37-90-45)71(120)99-55(30-60(109)110)73(122)92-47(16-11-12-22-79)67(116)94-50(26-43-18-20-46(106)21-19-43)66(115)88-34-59(108)91-49(24-38(2)3)75(124)103-63(41(6)105)64(82)113/h8-10,14-15,18-21,32-33,36-41,47-57,62-63,104-106H,7,11-13,16-17,22-31,34-35,79-80H2,1-6H3,(H2,81,107)(H2,82,113)(H,85,89)(H,86,90)(H,88,115)(H,91,108)(H,92,122)(H,93,119)(H,94,116)(H,95,125)(H,96,118)(H,97,121)(H,98,123)(H,99,120)(H,100,126)(H,101,117)(H,102,114)(H,103,124)(H,109,110)(H,111,112)(H4,83,84,87)/t39-,40-,41+,47-,48-,49-,50-,51-,52-,53-,54-,55-,56-,57-,62-,63-/m0/s1. The molecular formula is C78H117N25O23. The van der Waals surface area contributed by atoms with Crippen molar-refractivity contribution in [1.29, 1.82) is 5.41 Å². The lowest BCUT2D eigenvalue weighted by Gasteiger charge is -2.28. The number of phenols is 1. The fourth-order valence-corrected chi connectivity index (χ4v) is 12.3. The molecule has 48 heteroatoms. The van der Waals surface area contributed by atoms with E-state index in [1.54, 1.807) is 58.0 Å². The number of aliphatic carboxylic acids is 2. The van der Waals surface area contributed by atoms with Crippen molar-refractivity contribution < 1.29 is 112 Å². The Kier molecular flexibility index (Phi) is 44.2. The highest BCUT2D eigenvalue weighted by molar-refractivity contribution is 6.02. The van der Waals surface area contributed by atoms with Gasteiger partial charge in [-0.05, 0) is 94.0 Å². The molecule has 33 N–H and O–H groups in total. The highest BCUT2D eigenvalue weighted by Gasteiger charge is 2.40. The lowest BCUT2D eigenvalue weighted by atomic mass is 9.97. The van der Waals surface area contributed by atoms with Crippen molar-refractivity contribution in [3.05, 3.63) is 102 Å². The largest absolute Gasteiger partial charge is 0.508 e. The van der Waals surface area contributed by atoms with Gasteiger partial charge >= 0.3 is 11.9 Å². The second-order valence-electron chi connectivity index (χ2n) is 30.3. The monoisotopic (exact) mass is 1770 g/mol. The van der Waals surface area contributed by atoms with E-state index in [-0.39, 0.29) is 81.1 Å². The number of aromatic amines is 2. The Balaban J connectivity index is 1.66. The normalized spacial score (nSPS) is 14.9. The Morgan fingerprint density at radius 3 is 1.28 bits per heavy atom. The Morgan fingerprint density at radius 1 is 0.452 bits per heavy atom. The summed E-state index contributed by atoms with van der Waals surface area (Å²) in [6.07, 6.45) is -1.44. The number of guanidine groups is 1. The van der Waals surface area contributed by atoms with Crippen molar-refractivity contribution in [2.45, 2.75) is 222 Å². The van der Waals surface area contributed by atoms with Gasteiger partial charge in [-0.1, -0.05) is 76.6 Å². The van der Waals surface area contributed by atoms with Gasteiger partial charge in [-0.25, -0.2) is 9.97 Å². The first kappa shape index (κ1) is 105. The maximum Gasteiger partial charge on any atom is 0.305 e. The third kappa shape index (κ3) is 37.5. The van der Waals surface area contributed by atoms with Crippen LogP contribution in [-0.4, -0.2) is 275 Å². The Labute approximate surface area is 723 Å². The number of hydrogen-bond acceptors (Lipinski definition) is 26. The number of carboxylic acid groups (broad SMARTS) is 2. The maximum atomic E-state index is 14.9. The van der Waals surface area contributed by atoms with Gasteiger partial charge in [-0.2, -0.15) is 0 Å². The van der Waals surface area contributed by atoms with Crippen molar-refractivity contribution in [2.75, 3.05) is 26.2 Å². The van der Waals surface area contributed by atoms with Gasteiger partial charge < -0.3 is 144 Å². The molecule has 48 nitrogen and oxygen atoms in total. The summed E-state index contributed by atoms with van der Waals surface area (Å²) in [6, 6.07) is -10.5. The van der Waals surface area contributed by atoms with E-state index in [4.69, 9.17) is 34.1 Å². The van der Waals surface area contributed by atoms with E-state index in [1.165, 1.54) is 63.2 Å². The molecule has 0 unspecified atom stereocenters. The molecule has 0 saturated carbocycles. The minimum Gasteiger partial charge on any atom is -0.508 e. The number of imidazole rings is 2. The van der Waals surface area contributed by atoms with Gasteiger partial charge in [0.25, 0.3) is 0 Å². The first-order valence-electron chi connectivity index (χ1n) is 40.4. The van der Waals surface area contributed by atoms with Gasteiger partial charge in [0.15, 0.2) is 5.96 Å². The number of carbonyl (C=O) groups is 18. The number of phenolic OH excluding ortho intramolecular Hbond substituents is 1. The minimum atomic E-state index is -2.08. The number of nitrogens with two attached hydrogens (primary N) is 5. The van der Waals surface area contributed by atoms with Crippen LogP contribution in [0.25, 0.3) is 0 Å². The lowest BCUT2D eigenvalue weighted by Crippen LogP contribution is -2.62. The van der Waals surface area contributed by atoms with E-state index in [0.29, 0.717) is 17.5 Å². The summed E-state index contributed by atoms with van der Waals surface area (Å²) in [5.41, 5.74) is 28.8. The molecule has 2 aromatic carbocycles. The predicted octanol–water partition coefficient (Wildman–Crippen LogP) is -8.96. The third-order valence-corrected chi connectivity index (χ3v) is 19.3. The number of hydrogen-bond donors (Lipinski definition) is 28. The fraction of sp³-hybridized carbons (Fsp3) is 0.526. The van der Waals surface area contributed by atoms with Crippen molar-refractivity contribution in [3.63, 3.8) is 0 Å². The van der Waals surface area contributed by atoms with Crippen LogP contribution in [0.2, 0.25) is 0 Å². The number of rotatable bonds is 57. The highest BCUT2D eigenvalue weighted by atomic mass is 16.4. The number of nitrogens with one attached hydrogen (secondary N) is 18. The fourth-order valence-electron chi connectivity index (χ4n) is 12.3. The van der Waals surface area contributed by atoms with E-state index in [1.807, 2.05) is 0 Å². The van der Waals surface area contributed by atoms with Gasteiger partial charge in [0.2, 0.25) is 94.5 Å². The van der Waals surface area contributed by atoms with Crippen molar-refractivity contribution >= 4 is 112 Å². The van der Waals surface area contributed by atoms with Crippen LogP contribution in [0.3, 0.4) is 0 Å². The molecule has 0 aliphatic carbocycles. The van der Waals surface area contributed by atoms with E-state index in [9.17, 15) is 112 Å². The molecular weight excluding hydrogens is 1660 g/mol. The van der Waals surface area contributed by atoms with Gasteiger partial charge in [0, 0.05) is 44.6 Å². The highest BCUT2D eigenvalue weighted by Crippen LogP contribution is 2.17. The maximum absolute atomic E-state index is 14.9. The topological polar surface area (TPSA) is 800 Å². The van der Waals surface area contributed by atoms with Gasteiger partial charge in [-0.15, -0.1) is 0 Å². The van der Waals surface area contributed by atoms with E-state index < -0.39 is 261 Å². The van der Waals surface area contributed by atoms with Crippen LogP contribution in [-0.2, 0) is 112 Å². The van der Waals surface area contributed by atoms with Crippen LogP contribution in [0.15, 0.2) is 79.6 Å². The van der Waals surface area contributed by atoms with Crippen LogP contribution in [0.1, 0.15) is 128 Å². The Morgan fingerprint density at radius 2 is 0.857 bits per heavy atom. The van der Waals surface area contributed by atoms with Crippen LogP contribution >= 0.6 is 0 Å². The summed E-state index contributed by atoms with van der Waals surface area (Å²) >= 11 is 0. The zero-order valence-electron chi connectivity index (χ0n) is 70.4. The summed E-state index contributed by atoms with van der Waals surface area (Å²) in [4.78, 5) is 261. The summed E-state index contributed by atoms with van der Waals surface area (Å²) in [5, 5.41) is 94.7. The number of aromatic hydroxyl groups is 1. The predicted molar refractivity (Wildman–Crippen MR) is 446 cm³/mol. The van der Waals surface area contributed by atoms with Crippen LogP contribution < -0.4 is 108 Å². The van der Waals surface area contributed by atoms with Gasteiger partial charge in [0.05, 0.1) is 68.6 Å². The average Bonchev–Trinajstić information content (AvgIpc) is 1.03. The number of primary amides is 2. The van der Waals surface area contributed by atoms with E-state index in [0.717, 1.165) is 0 Å². The number of amides is 16. The number of aromatic nitrogens is 4. The molecule has 2 aromatic heterocycles. The number of aliphatic hydroxyl groups excluding tert-OH is 2. The number of H-pyrrole nitrogens is 2. The number of carbonyl (C=O) groups excluding carboxylic acids is 16. The summed E-state index contributed by atoms with van der Waals surface area (Å²) in [6.45, 7) is 7.18. The molecule has 0 saturated heterocycles. The Bertz CT molecular complexity index is 4350. The second-order valence-corrected chi connectivity index (χ2v) is 30.3. The molecule has 16 amide bonds. The second kappa shape index (κ2) is 53.3. The molecule has 692 valence electrons. The van der Waals surface area contributed by atoms with E-state index >= 15 is 0 Å². The van der Waals surface area contributed by atoms with Crippen LogP contribution in [0, 0.1) is 17.2 Å². The van der Waals surface area contributed by atoms with Crippen molar-refractivity contribution in [3.8, 4) is 5.75 Å². The molecule has 0 fully saturated rings. The number of benzene rings is 2. The zero-order chi connectivity index (χ0) is 94.0. The Hall–Kier alpha value is -13.8. The zero-order valence-corrected chi connectivity index (χ0v) is 70.4. The number of carboxylic acids is 2. The molecule has 0 spiro atoms. The third-order valence-electron chi connectivity index (χ3n) is 19.3. The number of aliphatic hydroxyl groups is 2. The number of unbranched alkanes of at least 4 members (excludes halogenated alkanes) is 1. The molecule has 0 aliphatic rings. The van der Waals surface area contributed by atoms with Crippen LogP contribution in [0.4, 0.5) is 0 Å². The van der Waals surface area contributed by atoms with E-state index in [2.05, 4.69) is 99.7 Å². The summed E-state index contributed by atoms with van der Waals surface area (Å²) in [7, 11) is 0. The molecule has 4 aromatic rings. The minimum absolute atomic E-state index is 0.0149. The van der Waals surface area contributed by atoms with Crippen molar-refractivity contribution in [2.24, 2.45) is 40.5 Å². The quantitative estimate of drug-likeness (QED) is 0.0111. The van der Waals surface area contributed by atoms with Crippen molar-refractivity contribution in [1.82, 2.24) is 99.7 Å². The molecule has 0 radical (unpaired) electrons. The first-order valence-corrected chi connectivity index (χ1v) is 40.4.